The van der Waals surface area contributed by atoms with E-state index in [1.165, 1.54) is 0 Å². The van der Waals surface area contributed by atoms with Crippen LogP contribution in [0.1, 0.15) is 96.0 Å². The number of ether oxygens (including phenoxy) is 2. The van der Waals surface area contributed by atoms with Crippen molar-refractivity contribution in [3.8, 4) is 0 Å². The molecule has 0 N–H and O–H groups in total. The van der Waals surface area contributed by atoms with Crippen LogP contribution < -0.4 is 0 Å². The summed E-state index contributed by atoms with van der Waals surface area (Å²) in [5, 5.41) is 0. The molecule has 3 rings (SSSR count). The maximum absolute atomic E-state index is 14.3. The van der Waals surface area contributed by atoms with Crippen molar-refractivity contribution in [2.75, 3.05) is 6.61 Å². The topological polar surface area (TPSA) is 69.7 Å². The van der Waals surface area contributed by atoms with Crippen LogP contribution in [-0.4, -0.2) is 42.3 Å². The van der Waals surface area contributed by atoms with Crippen LogP contribution in [0.5, 0.6) is 0 Å². The minimum absolute atomic E-state index is 0.0497. The van der Waals surface area contributed by atoms with Gasteiger partial charge in [-0.1, -0.05) is 55.8 Å². The summed E-state index contributed by atoms with van der Waals surface area (Å²) < 4.78 is 40.5. The smallest absolute Gasteiger partial charge is 0.305 e. The molecule has 1 aromatic carbocycles. The van der Waals surface area contributed by atoms with Crippen molar-refractivity contribution in [1.82, 2.24) is 0 Å². The second kappa shape index (κ2) is 16.1. The fourth-order valence-corrected chi connectivity index (χ4v) is 5.56. The number of hydrogen-bond acceptors (Lipinski definition) is 5. The van der Waals surface area contributed by atoms with Gasteiger partial charge in [0, 0.05) is 44.6 Å². The fourth-order valence-electron chi connectivity index (χ4n) is 5.56. The van der Waals surface area contributed by atoms with E-state index in [-0.39, 0.29) is 49.0 Å². The summed E-state index contributed by atoms with van der Waals surface area (Å²) in [7, 11) is 0. The van der Waals surface area contributed by atoms with E-state index in [9.17, 15) is 23.2 Å². The number of alkyl halides is 2. The van der Waals surface area contributed by atoms with Crippen molar-refractivity contribution in [1.29, 1.82) is 0 Å². The highest BCUT2D eigenvalue weighted by Crippen LogP contribution is 2.39. The van der Waals surface area contributed by atoms with Crippen LogP contribution in [0.3, 0.4) is 0 Å². The Labute approximate surface area is 231 Å². The first-order valence-corrected chi connectivity index (χ1v) is 14.7. The van der Waals surface area contributed by atoms with E-state index in [1.807, 2.05) is 49.4 Å². The molecule has 1 aromatic rings. The molecule has 5 nitrogen and oxygen atoms in total. The van der Waals surface area contributed by atoms with E-state index in [1.54, 1.807) is 0 Å². The number of ketones is 3. The molecular formula is C32H44F2O5. The molecule has 1 saturated heterocycles. The molecule has 0 unspecified atom stereocenters. The molecule has 216 valence electrons. The zero-order valence-corrected chi connectivity index (χ0v) is 23.3. The molecule has 7 heteroatoms. The second-order valence-corrected chi connectivity index (χ2v) is 11.0. The molecule has 4 atom stereocenters. The summed E-state index contributed by atoms with van der Waals surface area (Å²) in [4.78, 5) is 37.6. The first kappa shape index (κ1) is 31.3. The average Bonchev–Trinajstić information content (AvgIpc) is 3.22. The van der Waals surface area contributed by atoms with Gasteiger partial charge in [-0.05, 0) is 62.8 Å². The Morgan fingerprint density at radius 3 is 2.62 bits per heavy atom. The normalized spacial score (nSPS) is 23.9. The number of unbranched alkanes of at least 4 members (excludes halogenated alkanes) is 2. The van der Waals surface area contributed by atoms with Gasteiger partial charge in [0.1, 0.15) is 11.6 Å². The van der Waals surface area contributed by atoms with E-state index in [2.05, 4.69) is 0 Å². The molecule has 0 aromatic heterocycles. The van der Waals surface area contributed by atoms with Gasteiger partial charge in [0.25, 0.3) is 0 Å². The maximum atomic E-state index is 14.3. The first-order valence-electron chi connectivity index (χ1n) is 14.7. The lowest BCUT2D eigenvalue weighted by atomic mass is 9.86. The molecule has 0 spiro atoms. The third kappa shape index (κ3) is 10.3. The quantitative estimate of drug-likeness (QED) is 0.153. The minimum Gasteiger partial charge on any atom is -0.353 e. The molecule has 1 aliphatic carbocycles. The Kier molecular flexibility index (Phi) is 12.9. The highest BCUT2D eigenvalue weighted by atomic mass is 19.3. The molecule has 2 fully saturated rings. The van der Waals surface area contributed by atoms with E-state index in [0.29, 0.717) is 38.7 Å². The van der Waals surface area contributed by atoms with Crippen LogP contribution in [0, 0.1) is 11.8 Å². The van der Waals surface area contributed by atoms with Crippen molar-refractivity contribution in [3.05, 3.63) is 48.0 Å². The molecule has 1 saturated carbocycles. The van der Waals surface area contributed by atoms with E-state index in [4.69, 9.17) is 9.47 Å². The highest BCUT2D eigenvalue weighted by molar-refractivity contribution is 5.86. The van der Waals surface area contributed by atoms with Crippen molar-refractivity contribution < 1.29 is 32.6 Å². The van der Waals surface area contributed by atoms with Crippen LogP contribution >= 0.6 is 0 Å². The lowest BCUT2D eigenvalue weighted by Gasteiger charge is -2.30. The third-order valence-corrected chi connectivity index (χ3v) is 7.86. The van der Waals surface area contributed by atoms with Crippen LogP contribution in [-0.2, 0) is 30.3 Å². The number of halogens is 2. The van der Waals surface area contributed by atoms with Gasteiger partial charge < -0.3 is 9.47 Å². The van der Waals surface area contributed by atoms with Gasteiger partial charge in [-0.2, -0.15) is 8.78 Å². The Morgan fingerprint density at radius 1 is 1.10 bits per heavy atom. The van der Waals surface area contributed by atoms with Crippen LogP contribution in [0.2, 0.25) is 0 Å². The van der Waals surface area contributed by atoms with Crippen LogP contribution in [0.4, 0.5) is 8.78 Å². The number of rotatable bonds is 17. The number of Topliss-reactive ketones (excluding diaryl/α,β-unsaturated/α-hetero) is 3. The van der Waals surface area contributed by atoms with Gasteiger partial charge in [-0.3, -0.25) is 14.4 Å². The zero-order valence-electron chi connectivity index (χ0n) is 23.3. The van der Waals surface area contributed by atoms with Crippen molar-refractivity contribution in [2.24, 2.45) is 11.8 Å². The summed E-state index contributed by atoms with van der Waals surface area (Å²) in [5.74, 6) is -4.79. The minimum atomic E-state index is -3.32. The summed E-state index contributed by atoms with van der Waals surface area (Å²) in [6, 6.07) is 9.68. The molecule has 0 radical (unpaired) electrons. The number of benzene rings is 1. The predicted molar refractivity (Wildman–Crippen MR) is 147 cm³/mol. The standard InChI is InChI=1S/C32H44F2O5/c1-2-3-20-32(33,34)30(37)19-18-27-26(28(36)23-29(27)39-31-17-11-12-21-38-31)16-10-5-4-9-15-25(35)22-24-13-7-6-8-14-24/h5-8,10,13-14,26-27,29,31H,2-4,9,11-12,15-23H2,1H3/b10-5+/t26-,27-,29-,31-/m1/s1. The highest BCUT2D eigenvalue weighted by Gasteiger charge is 2.45. The van der Waals surface area contributed by atoms with E-state index >= 15 is 0 Å². The van der Waals surface area contributed by atoms with Gasteiger partial charge in [-0.15, -0.1) is 0 Å². The molecule has 0 bridgehead atoms. The Hall–Kier alpha value is -2.25. The molecule has 0 amide bonds. The Bertz CT molecular complexity index is 939. The average molecular weight is 547 g/mol. The Morgan fingerprint density at radius 2 is 1.90 bits per heavy atom. The molecule has 1 heterocycles. The van der Waals surface area contributed by atoms with E-state index < -0.39 is 24.2 Å². The van der Waals surface area contributed by atoms with Gasteiger partial charge in [0.05, 0.1) is 6.10 Å². The lowest BCUT2D eigenvalue weighted by molar-refractivity contribution is -0.196. The SMILES string of the molecule is CCCCC(F)(F)C(=O)CC[C@H]1[C@H](O[C@@H]2CCCCO2)CC(=O)[C@@H]1C/C=C/CCCC(=O)Cc1ccccc1. The molecule has 2 aliphatic rings. The number of carbonyl (C=O) groups is 3. The first-order chi connectivity index (χ1) is 18.8. The molecule has 39 heavy (non-hydrogen) atoms. The maximum Gasteiger partial charge on any atom is 0.305 e. The van der Waals surface area contributed by atoms with Gasteiger partial charge in [0.15, 0.2) is 6.29 Å². The molecular weight excluding hydrogens is 502 g/mol. The van der Waals surface area contributed by atoms with Crippen LogP contribution in [0.15, 0.2) is 42.5 Å². The summed E-state index contributed by atoms with van der Waals surface area (Å²) in [6.07, 6.45) is 9.35. The van der Waals surface area contributed by atoms with Crippen LogP contribution in [0.25, 0.3) is 0 Å². The number of hydrogen-bond donors (Lipinski definition) is 0. The molecule has 1 aliphatic heterocycles. The van der Waals surface area contributed by atoms with E-state index in [0.717, 1.165) is 37.7 Å². The van der Waals surface area contributed by atoms with Crippen molar-refractivity contribution in [3.63, 3.8) is 0 Å². The summed E-state index contributed by atoms with van der Waals surface area (Å²) in [6.45, 7) is 2.43. The summed E-state index contributed by atoms with van der Waals surface area (Å²) >= 11 is 0. The van der Waals surface area contributed by atoms with Gasteiger partial charge in [-0.25, -0.2) is 0 Å². The fraction of sp³-hybridized carbons (Fsp3) is 0.656. The third-order valence-electron chi connectivity index (χ3n) is 7.86. The largest absolute Gasteiger partial charge is 0.353 e. The van der Waals surface area contributed by atoms with Gasteiger partial charge >= 0.3 is 5.92 Å². The zero-order chi connectivity index (χ0) is 28.1. The van der Waals surface area contributed by atoms with Crippen molar-refractivity contribution >= 4 is 17.3 Å². The number of carbonyl (C=O) groups excluding carboxylic acids is 3. The second-order valence-electron chi connectivity index (χ2n) is 11.0. The summed E-state index contributed by atoms with van der Waals surface area (Å²) in [5.41, 5.74) is 1.01. The predicted octanol–water partition coefficient (Wildman–Crippen LogP) is 7.21. The van der Waals surface area contributed by atoms with Gasteiger partial charge in [0.2, 0.25) is 5.78 Å². The Balaban J connectivity index is 1.52. The monoisotopic (exact) mass is 546 g/mol. The van der Waals surface area contributed by atoms with Crippen molar-refractivity contribution in [2.45, 2.75) is 115 Å². The number of allylic oxidation sites excluding steroid dienone is 2. The lowest BCUT2D eigenvalue weighted by Crippen LogP contribution is -2.33.